The number of non-ortho nitro benzene ring substituents is 1. The molecule has 2 aromatic carbocycles. The normalized spacial score (nSPS) is 13.8. The average Bonchev–Trinajstić information content (AvgIpc) is 3.45. The molecule has 0 unspecified atom stereocenters. The van der Waals surface area contributed by atoms with Gasteiger partial charge in [-0.1, -0.05) is 12.1 Å². The first-order chi connectivity index (χ1) is 13.1. The summed E-state index contributed by atoms with van der Waals surface area (Å²) in [6, 6.07) is 11.3. The van der Waals surface area contributed by atoms with Crippen LogP contribution in [0.1, 0.15) is 25.3 Å². The maximum Gasteiger partial charge on any atom is 0.270 e. The number of hydrogen-bond acceptors (Lipinski definition) is 6. The van der Waals surface area contributed by atoms with Gasteiger partial charge in [0.15, 0.2) is 9.84 Å². The Balaban J connectivity index is 1.80. The van der Waals surface area contributed by atoms with Crippen molar-refractivity contribution >= 4 is 32.8 Å². The summed E-state index contributed by atoms with van der Waals surface area (Å²) in [5.74, 6) is 0.0494. The lowest BCUT2D eigenvalue weighted by Gasteiger charge is -2.20. The van der Waals surface area contributed by atoms with Crippen LogP contribution in [0.15, 0.2) is 47.4 Å². The van der Waals surface area contributed by atoms with Crippen molar-refractivity contribution in [2.45, 2.75) is 37.2 Å². The minimum Gasteiger partial charge on any atom is -0.354 e. The molecule has 0 saturated heterocycles. The molecule has 0 radical (unpaired) electrons. The fourth-order valence-corrected chi connectivity index (χ4v) is 3.82. The first-order valence-electron chi connectivity index (χ1n) is 8.77. The smallest absolute Gasteiger partial charge is 0.270 e. The molecule has 1 saturated carbocycles. The number of sulfone groups is 1. The molecule has 9 heteroatoms. The lowest BCUT2D eigenvalue weighted by atomic mass is 10.2. The highest BCUT2D eigenvalue weighted by atomic mass is 32.2. The van der Waals surface area contributed by atoms with Crippen LogP contribution >= 0.6 is 0 Å². The summed E-state index contributed by atoms with van der Waals surface area (Å²) >= 11 is 0. The van der Waals surface area contributed by atoms with Gasteiger partial charge in [-0.05, 0) is 36.6 Å². The van der Waals surface area contributed by atoms with E-state index in [0.717, 1.165) is 30.7 Å². The minimum atomic E-state index is -3.66. The van der Waals surface area contributed by atoms with Crippen molar-refractivity contribution in [3.63, 3.8) is 0 Å². The van der Waals surface area contributed by atoms with Gasteiger partial charge in [-0.2, -0.15) is 0 Å². The fourth-order valence-electron chi connectivity index (χ4n) is 2.96. The number of carbonyl (C=O) groups excluding carboxylic acids is 1. The van der Waals surface area contributed by atoms with E-state index >= 15 is 0 Å². The molecule has 8 nitrogen and oxygen atoms in total. The number of nitrogens with zero attached hydrogens (tertiary/aromatic N) is 2. The Bertz CT molecular complexity index is 1010. The molecule has 1 N–H and O–H groups in total. The van der Waals surface area contributed by atoms with Gasteiger partial charge in [0.2, 0.25) is 5.91 Å². The van der Waals surface area contributed by atoms with Gasteiger partial charge in [0.1, 0.15) is 0 Å². The number of nitro benzene ring substituents is 1. The predicted octanol–water partition coefficient (Wildman–Crippen LogP) is 3.25. The molecule has 0 bridgehead atoms. The Kier molecular flexibility index (Phi) is 5.37. The molecule has 0 aromatic heterocycles. The van der Waals surface area contributed by atoms with Gasteiger partial charge in [0, 0.05) is 43.6 Å². The van der Waals surface area contributed by atoms with Gasteiger partial charge in [0.25, 0.3) is 5.69 Å². The molecule has 148 valence electrons. The van der Waals surface area contributed by atoms with Crippen LogP contribution in [0.2, 0.25) is 0 Å². The van der Waals surface area contributed by atoms with Gasteiger partial charge in [0.05, 0.1) is 15.5 Å². The molecular weight excluding hydrogens is 382 g/mol. The number of benzene rings is 2. The summed E-state index contributed by atoms with van der Waals surface area (Å²) < 4.78 is 24.1. The Labute approximate surface area is 163 Å². The van der Waals surface area contributed by atoms with Gasteiger partial charge in [-0.15, -0.1) is 0 Å². The Morgan fingerprint density at radius 2 is 1.86 bits per heavy atom. The lowest BCUT2D eigenvalue weighted by molar-refractivity contribution is -0.385. The molecule has 28 heavy (non-hydrogen) atoms. The standard InChI is InChI=1S/C19H21N3O5S/c1-13(23)21(16-7-8-16)12-14-3-5-15(6-4-14)20-18-10-9-17(22(24)25)11-19(18)28(2,26)27/h3-6,9-11,16,20H,7-8,12H2,1-2H3. The van der Waals surface area contributed by atoms with Gasteiger partial charge in [-0.3, -0.25) is 14.9 Å². The van der Waals surface area contributed by atoms with Crippen LogP contribution in [0.3, 0.4) is 0 Å². The Hall–Kier alpha value is -2.94. The van der Waals surface area contributed by atoms with Crippen molar-refractivity contribution in [3.8, 4) is 0 Å². The van der Waals surface area contributed by atoms with Crippen LogP contribution in [-0.4, -0.2) is 36.4 Å². The summed E-state index contributed by atoms with van der Waals surface area (Å²) in [7, 11) is -3.66. The van der Waals surface area contributed by atoms with E-state index in [1.807, 2.05) is 17.0 Å². The van der Waals surface area contributed by atoms with Crippen molar-refractivity contribution in [3.05, 3.63) is 58.1 Å². The Morgan fingerprint density at radius 3 is 2.36 bits per heavy atom. The molecule has 1 aliphatic carbocycles. The van der Waals surface area contributed by atoms with E-state index in [1.54, 1.807) is 19.1 Å². The van der Waals surface area contributed by atoms with Gasteiger partial charge in [-0.25, -0.2) is 8.42 Å². The SMILES string of the molecule is CC(=O)N(Cc1ccc(Nc2ccc([N+](=O)[O-])cc2S(C)(=O)=O)cc1)C1CC1. The topological polar surface area (TPSA) is 110 Å². The maximum absolute atomic E-state index is 12.0. The van der Waals surface area contributed by atoms with Crippen molar-refractivity contribution in [1.29, 1.82) is 0 Å². The molecule has 0 atom stereocenters. The van der Waals surface area contributed by atoms with Crippen LogP contribution in [0, 0.1) is 10.1 Å². The van der Waals surface area contributed by atoms with E-state index in [9.17, 15) is 23.3 Å². The van der Waals surface area contributed by atoms with Crippen molar-refractivity contribution in [2.75, 3.05) is 11.6 Å². The third-order valence-electron chi connectivity index (χ3n) is 4.55. The highest BCUT2D eigenvalue weighted by Gasteiger charge is 2.30. The van der Waals surface area contributed by atoms with Crippen molar-refractivity contribution < 1.29 is 18.1 Å². The van der Waals surface area contributed by atoms with Crippen LogP contribution < -0.4 is 5.32 Å². The zero-order valence-corrected chi connectivity index (χ0v) is 16.4. The van der Waals surface area contributed by atoms with Crippen LogP contribution in [0.25, 0.3) is 0 Å². The molecule has 0 spiro atoms. The van der Waals surface area contributed by atoms with Gasteiger partial charge < -0.3 is 10.2 Å². The number of hydrogen-bond donors (Lipinski definition) is 1. The average molecular weight is 403 g/mol. The Morgan fingerprint density at radius 1 is 1.21 bits per heavy atom. The molecule has 1 amide bonds. The van der Waals surface area contributed by atoms with E-state index in [-0.39, 0.29) is 22.2 Å². The third-order valence-corrected chi connectivity index (χ3v) is 5.69. The highest BCUT2D eigenvalue weighted by Crippen LogP contribution is 2.30. The fraction of sp³-hybridized carbons (Fsp3) is 0.316. The minimum absolute atomic E-state index is 0.0494. The van der Waals surface area contributed by atoms with Crippen molar-refractivity contribution in [2.24, 2.45) is 0 Å². The zero-order valence-electron chi connectivity index (χ0n) is 15.6. The monoisotopic (exact) mass is 403 g/mol. The van der Waals surface area contributed by atoms with E-state index < -0.39 is 14.8 Å². The lowest BCUT2D eigenvalue weighted by Crippen LogP contribution is -2.30. The third kappa shape index (κ3) is 4.66. The molecular formula is C19H21N3O5S. The number of rotatable bonds is 7. The first kappa shape index (κ1) is 19.8. The zero-order chi connectivity index (χ0) is 20.5. The molecule has 2 aromatic rings. The summed E-state index contributed by atoms with van der Waals surface area (Å²) in [5.41, 5.74) is 1.60. The molecule has 1 aliphatic rings. The van der Waals surface area contributed by atoms with Crippen LogP contribution in [0.4, 0.5) is 17.1 Å². The van der Waals surface area contributed by atoms with Crippen molar-refractivity contribution in [1.82, 2.24) is 4.90 Å². The molecule has 1 fully saturated rings. The second kappa shape index (κ2) is 7.59. The molecule has 0 heterocycles. The maximum atomic E-state index is 12.0. The van der Waals surface area contributed by atoms with Gasteiger partial charge >= 0.3 is 0 Å². The summed E-state index contributed by atoms with van der Waals surface area (Å²) in [4.78, 5) is 23.8. The predicted molar refractivity (Wildman–Crippen MR) is 105 cm³/mol. The van der Waals surface area contributed by atoms with E-state index in [2.05, 4.69) is 5.32 Å². The van der Waals surface area contributed by atoms with E-state index in [1.165, 1.54) is 12.1 Å². The second-order valence-electron chi connectivity index (χ2n) is 6.91. The summed E-state index contributed by atoms with van der Waals surface area (Å²) in [5, 5.41) is 13.9. The van der Waals surface area contributed by atoms with Crippen LogP contribution in [-0.2, 0) is 21.2 Å². The number of nitrogens with one attached hydrogen (secondary N) is 1. The summed E-state index contributed by atoms with van der Waals surface area (Å²) in [6.45, 7) is 2.10. The molecule has 0 aliphatic heterocycles. The summed E-state index contributed by atoms with van der Waals surface area (Å²) in [6.07, 6.45) is 3.08. The number of amides is 1. The first-order valence-corrected chi connectivity index (χ1v) is 10.7. The highest BCUT2D eigenvalue weighted by molar-refractivity contribution is 7.90. The molecule has 3 rings (SSSR count). The number of anilines is 2. The van der Waals surface area contributed by atoms with Crippen LogP contribution in [0.5, 0.6) is 0 Å². The largest absolute Gasteiger partial charge is 0.354 e. The van der Waals surface area contributed by atoms with E-state index in [0.29, 0.717) is 18.3 Å². The van der Waals surface area contributed by atoms with E-state index in [4.69, 9.17) is 0 Å². The second-order valence-corrected chi connectivity index (χ2v) is 8.89. The number of nitro groups is 1. The quantitative estimate of drug-likeness (QED) is 0.561. The number of carbonyl (C=O) groups is 1.